The van der Waals surface area contributed by atoms with Crippen LogP contribution in [0, 0.1) is 5.82 Å². The van der Waals surface area contributed by atoms with Crippen LogP contribution >= 0.6 is 11.6 Å². The molecule has 3 aromatic rings. The fraction of sp³-hybridized carbons (Fsp3) is 0.0588. The molecule has 0 unspecified atom stereocenters. The molecule has 0 aliphatic carbocycles. The number of nitrogens with two attached hydrogens (primary N) is 1. The maximum atomic E-state index is 13.0. The van der Waals surface area contributed by atoms with E-state index < -0.39 is 17.6 Å². The number of alkyl halides is 3. The molecular formula is C17H12ClF4N5. The van der Waals surface area contributed by atoms with Crippen LogP contribution in [-0.2, 0) is 6.18 Å². The highest BCUT2D eigenvalue weighted by molar-refractivity contribution is 6.33. The summed E-state index contributed by atoms with van der Waals surface area (Å²) in [6.07, 6.45) is -3.35. The first-order valence-electron chi connectivity index (χ1n) is 7.51. The average molecular weight is 398 g/mol. The van der Waals surface area contributed by atoms with Gasteiger partial charge in [-0.1, -0.05) is 11.6 Å². The van der Waals surface area contributed by atoms with Gasteiger partial charge < -0.3 is 16.4 Å². The molecule has 0 bridgehead atoms. The minimum Gasteiger partial charge on any atom is -0.393 e. The number of nitrogens with zero attached hydrogens (tertiary/aromatic N) is 2. The Balaban J connectivity index is 1.89. The van der Waals surface area contributed by atoms with Gasteiger partial charge in [-0.05, 0) is 42.5 Å². The van der Waals surface area contributed by atoms with E-state index in [4.69, 9.17) is 17.3 Å². The van der Waals surface area contributed by atoms with Gasteiger partial charge in [-0.2, -0.15) is 13.2 Å². The summed E-state index contributed by atoms with van der Waals surface area (Å²) in [5, 5.41) is 5.62. The Morgan fingerprint density at radius 2 is 1.56 bits per heavy atom. The summed E-state index contributed by atoms with van der Waals surface area (Å²) in [7, 11) is 0. The molecule has 10 heteroatoms. The average Bonchev–Trinajstić information content (AvgIpc) is 2.61. The van der Waals surface area contributed by atoms with Crippen LogP contribution in [0.2, 0.25) is 5.02 Å². The number of aromatic nitrogens is 2. The highest BCUT2D eigenvalue weighted by Crippen LogP contribution is 2.36. The van der Waals surface area contributed by atoms with Crippen LogP contribution in [-0.4, -0.2) is 9.97 Å². The standard InChI is InChI=1S/C17H12ClF4N5/c18-12-6-1-9(17(20,21)22)7-13(12)27-16-14(23)15(24-8-25-16)26-11-4-2-10(19)3-5-11/h1-8H,23H2,(H2,24,25,26,27). The molecule has 0 saturated heterocycles. The first-order chi connectivity index (χ1) is 12.7. The van der Waals surface area contributed by atoms with E-state index in [1.165, 1.54) is 30.6 Å². The highest BCUT2D eigenvalue weighted by Gasteiger charge is 2.31. The maximum Gasteiger partial charge on any atom is 0.416 e. The van der Waals surface area contributed by atoms with Crippen LogP contribution < -0.4 is 16.4 Å². The predicted octanol–water partition coefficient (Wildman–Crippen LogP) is 5.36. The fourth-order valence-corrected chi connectivity index (χ4v) is 2.35. The van der Waals surface area contributed by atoms with Gasteiger partial charge in [0.05, 0.1) is 16.3 Å². The lowest BCUT2D eigenvalue weighted by atomic mass is 10.2. The third-order valence-corrected chi connectivity index (χ3v) is 3.87. The first kappa shape index (κ1) is 18.7. The topological polar surface area (TPSA) is 75.9 Å². The summed E-state index contributed by atoms with van der Waals surface area (Å²) in [4.78, 5) is 7.92. The van der Waals surface area contributed by atoms with Crippen molar-refractivity contribution in [2.24, 2.45) is 0 Å². The molecule has 27 heavy (non-hydrogen) atoms. The van der Waals surface area contributed by atoms with Crippen molar-refractivity contribution in [1.29, 1.82) is 0 Å². The second-order valence-corrected chi connectivity index (χ2v) is 5.84. The molecule has 0 atom stereocenters. The third-order valence-electron chi connectivity index (χ3n) is 3.54. The number of hydrogen-bond donors (Lipinski definition) is 3. The van der Waals surface area contributed by atoms with Crippen LogP contribution in [0.4, 0.5) is 46.3 Å². The number of benzene rings is 2. The van der Waals surface area contributed by atoms with E-state index in [-0.39, 0.29) is 28.0 Å². The highest BCUT2D eigenvalue weighted by atomic mass is 35.5. The SMILES string of the molecule is Nc1c(Nc2ccc(F)cc2)ncnc1Nc1cc(C(F)(F)F)ccc1Cl. The molecule has 0 amide bonds. The van der Waals surface area contributed by atoms with Gasteiger partial charge in [0.1, 0.15) is 17.8 Å². The second-order valence-electron chi connectivity index (χ2n) is 5.43. The Bertz CT molecular complexity index is 961. The van der Waals surface area contributed by atoms with Crippen LogP contribution in [0.15, 0.2) is 48.8 Å². The van der Waals surface area contributed by atoms with Crippen LogP contribution in [0.25, 0.3) is 0 Å². The minimum atomic E-state index is -4.52. The number of rotatable bonds is 4. The van der Waals surface area contributed by atoms with Crippen molar-refractivity contribution >= 4 is 40.3 Å². The van der Waals surface area contributed by atoms with Crippen molar-refractivity contribution in [1.82, 2.24) is 9.97 Å². The Morgan fingerprint density at radius 3 is 2.19 bits per heavy atom. The van der Waals surface area contributed by atoms with Crippen LogP contribution in [0.3, 0.4) is 0 Å². The Morgan fingerprint density at radius 1 is 0.926 bits per heavy atom. The van der Waals surface area contributed by atoms with Crippen LogP contribution in [0.5, 0.6) is 0 Å². The summed E-state index contributed by atoms with van der Waals surface area (Å²) in [6, 6.07) is 8.32. The van der Waals surface area contributed by atoms with E-state index in [0.717, 1.165) is 18.2 Å². The lowest BCUT2D eigenvalue weighted by molar-refractivity contribution is -0.137. The molecule has 0 aliphatic rings. The number of nitrogen functional groups attached to an aromatic ring is 1. The molecule has 0 radical (unpaired) electrons. The van der Waals surface area contributed by atoms with Crippen molar-refractivity contribution in [3.05, 3.63) is 65.2 Å². The van der Waals surface area contributed by atoms with Gasteiger partial charge in [0.15, 0.2) is 11.6 Å². The molecule has 1 heterocycles. The second kappa shape index (κ2) is 7.28. The minimum absolute atomic E-state index is 0.00961. The van der Waals surface area contributed by atoms with E-state index in [1.54, 1.807) is 0 Å². The lowest BCUT2D eigenvalue weighted by Gasteiger charge is -2.15. The van der Waals surface area contributed by atoms with Crippen molar-refractivity contribution in [3.63, 3.8) is 0 Å². The van der Waals surface area contributed by atoms with Gasteiger partial charge in [0.25, 0.3) is 0 Å². The zero-order valence-electron chi connectivity index (χ0n) is 13.5. The van der Waals surface area contributed by atoms with Crippen molar-refractivity contribution in [2.75, 3.05) is 16.4 Å². The smallest absolute Gasteiger partial charge is 0.393 e. The largest absolute Gasteiger partial charge is 0.416 e. The number of anilines is 5. The van der Waals surface area contributed by atoms with E-state index in [2.05, 4.69) is 20.6 Å². The summed E-state index contributed by atoms with van der Waals surface area (Å²) < 4.78 is 51.7. The molecule has 4 N–H and O–H groups in total. The number of hydrogen-bond acceptors (Lipinski definition) is 5. The zero-order valence-corrected chi connectivity index (χ0v) is 14.2. The van der Waals surface area contributed by atoms with E-state index in [9.17, 15) is 17.6 Å². The van der Waals surface area contributed by atoms with Crippen LogP contribution in [0.1, 0.15) is 5.56 Å². The Labute approximate surface area is 156 Å². The Hall–Kier alpha value is -3.07. The summed E-state index contributed by atoms with van der Waals surface area (Å²) in [6.45, 7) is 0. The van der Waals surface area contributed by atoms with E-state index >= 15 is 0 Å². The summed E-state index contributed by atoms with van der Waals surface area (Å²) in [5.74, 6) is -0.143. The van der Waals surface area contributed by atoms with Gasteiger partial charge in [0.2, 0.25) is 0 Å². The molecular weight excluding hydrogens is 386 g/mol. The first-order valence-corrected chi connectivity index (χ1v) is 7.88. The van der Waals surface area contributed by atoms with Crippen molar-refractivity contribution in [2.45, 2.75) is 6.18 Å². The molecule has 140 valence electrons. The molecule has 2 aromatic carbocycles. The fourth-order valence-electron chi connectivity index (χ4n) is 2.19. The van der Waals surface area contributed by atoms with Gasteiger partial charge in [-0.15, -0.1) is 0 Å². The molecule has 0 spiro atoms. The third kappa shape index (κ3) is 4.37. The van der Waals surface area contributed by atoms with Gasteiger partial charge in [-0.25, -0.2) is 14.4 Å². The molecule has 5 nitrogen and oxygen atoms in total. The molecule has 0 saturated carbocycles. The zero-order chi connectivity index (χ0) is 19.6. The number of halogens is 5. The van der Waals surface area contributed by atoms with Gasteiger partial charge >= 0.3 is 6.18 Å². The normalized spacial score (nSPS) is 11.3. The Kier molecular flexibility index (Phi) is 5.04. The molecule has 0 fully saturated rings. The summed E-state index contributed by atoms with van der Waals surface area (Å²) in [5.41, 5.74) is 5.68. The van der Waals surface area contributed by atoms with Crippen molar-refractivity contribution < 1.29 is 17.6 Å². The monoisotopic (exact) mass is 397 g/mol. The van der Waals surface area contributed by atoms with E-state index in [1.807, 2.05) is 0 Å². The quantitative estimate of drug-likeness (QED) is 0.517. The lowest BCUT2D eigenvalue weighted by Crippen LogP contribution is -2.08. The maximum absolute atomic E-state index is 13.0. The van der Waals surface area contributed by atoms with Gasteiger partial charge in [-0.3, -0.25) is 0 Å². The van der Waals surface area contributed by atoms with Crippen molar-refractivity contribution in [3.8, 4) is 0 Å². The molecule has 3 rings (SSSR count). The summed E-state index contributed by atoms with van der Waals surface area (Å²) >= 11 is 5.97. The number of nitrogens with one attached hydrogen (secondary N) is 2. The molecule has 0 aliphatic heterocycles. The predicted molar refractivity (Wildman–Crippen MR) is 95.9 cm³/mol. The van der Waals surface area contributed by atoms with Gasteiger partial charge in [0, 0.05) is 5.69 Å². The van der Waals surface area contributed by atoms with E-state index in [0.29, 0.717) is 5.69 Å². The molecule has 1 aromatic heterocycles.